The maximum atomic E-state index is 12.5. The van der Waals surface area contributed by atoms with Crippen LogP contribution < -0.4 is 5.32 Å². The second-order valence-corrected chi connectivity index (χ2v) is 7.44. The number of aryl methyl sites for hydroxylation is 3. The Balaban J connectivity index is 1.62. The van der Waals surface area contributed by atoms with Crippen molar-refractivity contribution in [1.29, 1.82) is 0 Å². The smallest absolute Gasteiger partial charge is 0.224 e. The van der Waals surface area contributed by atoms with Crippen molar-refractivity contribution < 1.29 is 9.53 Å². The fraction of sp³-hybridized carbons (Fsp3) is 0.409. The first-order valence-corrected chi connectivity index (χ1v) is 9.83. The van der Waals surface area contributed by atoms with Gasteiger partial charge in [0.05, 0.1) is 18.2 Å². The Morgan fingerprint density at radius 3 is 2.71 bits per heavy atom. The van der Waals surface area contributed by atoms with Crippen molar-refractivity contribution >= 4 is 11.6 Å². The number of benzene rings is 1. The number of ether oxygens (including phenoxy) is 1. The summed E-state index contributed by atoms with van der Waals surface area (Å²) < 4.78 is 7.44. The number of aromatic nitrogens is 3. The normalized spacial score (nSPS) is 16.6. The van der Waals surface area contributed by atoms with Gasteiger partial charge in [-0.3, -0.25) is 4.79 Å². The molecule has 0 aliphatic carbocycles. The fourth-order valence-electron chi connectivity index (χ4n) is 3.92. The summed E-state index contributed by atoms with van der Waals surface area (Å²) in [6, 6.07) is 10.2. The van der Waals surface area contributed by atoms with Gasteiger partial charge in [-0.1, -0.05) is 30.3 Å². The van der Waals surface area contributed by atoms with Gasteiger partial charge in [-0.25, -0.2) is 9.50 Å². The molecule has 6 nitrogen and oxygen atoms in total. The van der Waals surface area contributed by atoms with Crippen molar-refractivity contribution in [2.45, 2.75) is 46.1 Å². The number of rotatable bonds is 5. The summed E-state index contributed by atoms with van der Waals surface area (Å²) in [7, 11) is 0. The van der Waals surface area contributed by atoms with E-state index in [9.17, 15) is 4.79 Å². The Kier molecular flexibility index (Phi) is 5.13. The Hall–Kier alpha value is -2.73. The minimum Gasteiger partial charge on any atom is -0.376 e. The molecule has 1 N–H and O–H groups in total. The van der Waals surface area contributed by atoms with E-state index in [1.165, 1.54) is 0 Å². The topological polar surface area (TPSA) is 68.5 Å². The Bertz CT molecular complexity index is 1000. The molecule has 28 heavy (non-hydrogen) atoms. The van der Waals surface area contributed by atoms with Gasteiger partial charge in [0.15, 0.2) is 5.65 Å². The van der Waals surface area contributed by atoms with Gasteiger partial charge in [-0.2, -0.15) is 5.10 Å². The van der Waals surface area contributed by atoms with E-state index < -0.39 is 0 Å². The molecule has 6 heteroatoms. The van der Waals surface area contributed by atoms with Crippen LogP contribution in [0.4, 0.5) is 0 Å². The Morgan fingerprint density at radius 1 is 1.21 bits per heavy atom. The lowest BCUT2D eigenvalue weighted by Gasteiger charge is -2.13. The predicted octanol–water partition coefficient (Wildman–Crippen LogP) is 3.16. The minimum absolute atomic E-state index is 0.00462. The van der Waals surface area contributed by atoms with Crippen LogP contribution in [-0.2, 0) is 16.0 Å². The zero-order valence-electron chi connectivity index (χ0n) is 16.7. The lowest BCUT2D eigenvalue weighted by Crippen LogP contribution is -2.33. The van der Waals surface area contributed by atoms with E-state index >= 15 is 0 Å². The maximum Gasteiger partial charge on any atom is 0.224 e. The molecule has 1 fully saturated rings. The highest BCUT2D eigenvalue weighted by atomic mass is 16.5. The first-order valence-electron chi connectivity index (χ1n) is 9.83. The number of nitrogens with zero attached hydrogens (tertiary/aromatic N) is 3. The third kappa shape index (κ3) is 3.52. The maximum absolute atomic E-state index is 12.5. The quantitative estimate of drug-likeness (QED) is 0.740. The summed E-state index contributed by atoms with van der Waals surface area (Å²) in [5.41, 5.74) is 6.67. The van der Waals surface area contributed by atoms with Crippen LogP contribution >= 0.6 is 0 Å². The van der Waals surface area contributed by atoms with Crippen LogP contribution in [0.3, 0.4) is 0 Å². The number of fused-ring (bicyclic) bond motifs is 1. The molecule has 0 bridgehead atoms. The van der Waals surface area contributed by atoms with E-state index in [0.717, 1.165) is 58.9 Å². The summed E-state index contributed by atoms with van der Waals surface area (Å²) >= 11 is 0. The van der Waals surface area contributed by atoms with Crippen LogP contribution in [-0.4, -0.2) is 39.8 Å². The molecule has 4 rings (SSSR count). The molecular weight excluding hydrogens is 352 g/mol. The van der Waals surface area contributed by atoms with Crippen LogP contribution in [0.2, 0.25) is 0 Å². The predicted molar refractivity (Wildman–Crippen MR) is 108 cm³/mol. The van der Waals surface area contributed by atoms with E-state index in [-0.39, 0.29) is 12.0 Å². The number of nitrogens with one attached hydrogen (secondary N) is 1. The average Bonchev–Trinajstić information content (AvgIpc) is 3.32. The van der Waals surface area contributed by atoms with E-state index in [2.05, 4.69) is 17.4 Å². The first-order chi connectivity index (χ1) is 13.5. The van der Waals surface area contributed by atoms with Gasteiger partial charge in [-0.05, 0) is 39.2 Å². The summed E-state index contributed by atoms with van der Waals surface area (Å²) in [6.45, 7) is 7.34. The van der Waals surface area contributed by atoms with Crippen LogP contribution in [0.5, 0.6) is 0 Å². The lowest BCUT2D eigenvalue weighted by molar-refractivity contribution is -0.121. The molecule has 0 radical (unpaired) electrons. The second kappa shape index (κ2) is 7.72. The van der Waals surface area contributed by atoms with E-state index in [4.69, 9.17) is 14.8 Å². The molecular formula is C22H26N4O2. The minimum atomic E-state index is -0.00462. The summed E-state index contributed by atoms with van der Waals surface area (Å²) in [4.78, 5) is 17.3. The van der Waals surface area contributed by atoms with Gasteiger partial charge < -0.3 is 10.1 Å². The van der Waals surface area contributed by atoms with Crippen molar-refractivity contribution in [3.63, 3.8) is 0 Å². The van der Waals surface area contributed by atoms with Crippen molar-refractivity contribution in [1.82, 2.24) is 19.9 Å². The third-order valence-electron chi connectivity index (χ3n) is 5.45. The summed E-state index contributed by atoms with van der Waals surface area (Å²) in [5.74, 6) is -0.00462. The van der Waals surface area contributed by atoms with Crippen LogP contribution in [0.15, 0.2) is 30.3 Å². The van der Waals surface area contributed by atoms with Gasteiger partial charge in [0.2, 0.25) is 5.91 Å². The zero-order chi connectivity index (χ0) is 19.7. The Morgan fingerprint density at radius 2 is 2.00 bits per heavy atom. The highest BCUT2D eigenvalue weighted by Crippen LogP contribution is 2.29. The monoisotopic (exact) mass is 378 g/mol. The van der Waals surface area contributed by atoms with Gasteiger partial charge in [0, 0.05) is 35.7 Å². The molecule has 146 valence electrons. The number of hydrogen-bond acceptors (Lipinski definition) is 4. The molecule has 1 aliphatic heterocycles. The largest absolute Gasteiger partial charge is 0.376 e. The lowest BCUT2D eigenvalue weighted by atomic mass is 10.1. The second-order valence-electron chi connectivity index (χ2n) is 7.44. The van der Waals surface area contributed by atoms with Crippen molar-refractivity contribution in [2.75, 3.05) is 13.2 Å². The van der Waals surface area contributed by atoms with Gasteiger partial charge in [0.1, 0.15) is 0 Å². The SMILES string of the molecule is Cc1nc2c(-c3ccccc3)c(C)nn2c(C)c1CC(=O)NCC1CCCO1. The fourth-order valence-corrected chi connectivity index (χ4v) is 3.92. The van der Waals surface area contributed by atoms with Crippen molar-refractivity contribution in [3.8, 4) is 11.1 Å². The molecule has 1 aliphatic rings. The highest BCUT2D eigenvalue weighted by Gasteiger charge is 2.20. The van der Waals surface area contributed by atoms with Gasteiger partial charge in [-0.15, -0.1) is 0 Å². The molecule has 1 aromatic carbocycles. The molecule has 1 saturated heterocycles. The van der Waals surface area contributed by atoms with E-state index in [1.807, 2.05) is 43.5 Å². The van der Waals surface area contributed by atoms with Gasteiger partial charge in [0.25, 0.3) is 0 Å². The number of amides is 1. The van der Waals surface area contributed by atoms with Crippen LogP contribution in [0.1, 0.15) is 35.5 Å². The molecule has 1 atom stereocenters. The summed E-state index contributed by atoms with van der Waals surface area (Å²) in [5, 5.41) is 7.71. The van der Waals surface area contributed by atoms with E-state index in [0.29, 0.717) is 13.0 Å². The molecule has 3 heterocycles. The third-order valence-corrected chi connectivity index (χ3v) is 5.45. The number of carbonyl (C=O) groups excluding carboxylic acids is 1. The van der Waals surface area contributed by atoms with Crippen molar-refractivity contribution in [3.05, 3.63) is 53.0 Å². The number of carbonyl (C=O) groups is 1. The van der Waals surface area contributed by atoms with Crippen molar-refractivity contribution in [2.24, 2.45) is 0 Å². The highest BCUT2D eigenvalue weighted by molar-refractivity contribution is 5.82. The first kappa shape index (κ1) is 18.6. The molecule has 0 spiro atoms. The Labute approximate surface area is 164 Å². The zero-order valence-corrected chi connectivity index (χ0v) is 16.7. The van der Waals surface area contributed by atoms with Crippen LogP contribution in [0, 0.1) is 20.8 Å². The van der Waals surface area contributed by atoms with Crippen LogP contribution in [0.25, 0.3) is 16.8 Å². The van der Waals surface area contributed by atoms with Gasteiger partial charge >= 0.3 is 0 Å². The molecule has 3 aromatic rings. The number of hydrogen-bond donors (Lipinski definition) is 1. The molecule has 0 saturated carbocycles. The standard InChI is InChI=1S/C22H26N4O2/c1-14-19(12-20(27)23-13-18-10-7-11-28-18)16(3)26-22(24-14)21(15(2)25-26)17-8-5-4-6-9-17/h4-6,8-9,18H,7,10-13H2,1-3H3,(H,23,27). The molecule has 2 aromatic heterocycles. The molecule has 1 amide bonds. The van der Waals surface area contributed by atoms with E-state index in [1.54, 1.807) is 0 Å². The summed E-state index contributed by atoms with van der Waals surface area (Å²) in [6.07, 6.45) is 2.53. The average molecular weight is 378 g/mol. The molecule has 1 unspecified atom stereocenters.